The van der Waals surface area contributed by atoms with Crippen LogP contribution in [0.4, 0.5) is 15.3 Å². The number of rotatable bonds is 5. The SMILES string of the molecule is C=CC1CCC(Nc2nc3c(F)cnc(NC(=O)C4CC4)c3s2)CC1. The number of amides is 1. The summed E-state index contributed by atoms with van der Waals surface area (Å²) < 4.78 is 14.7. The lowest BCUT2D eigenvalue weighted by molar-refractivity contribution is -0.117. The number of anilines is 2. The lowest BCUT2D eigenvalue weighted by Gasteiger charge is -2.27. The molecular formula is C18H21FN4OS. The van der Waals surface area contributed by atoms with Crippen LogP contribution >= 0.6 is 11.3 Å². The Morgan fingerprint density at radius 1 is 1.28 bits per heavy atom. The van der Waals surface area contributed by atoms with Gasteiger partial charge in [0.2, 0.25) is 5.91 Å². The van der Waals surface area contributed by atoms with E-state index in [9.17, 15) is 9.18 Å². The van der Waals surface area contributed by atoms with E-state index >= 15 is 0 Å². The van der Waals surface area contributed by atoms with Crippen LogP contribution in [0.3, 0.4) is 0 Å². The molecule has 2 saturated carbocycles. The summed E-state index contributed by atoms with van der Waals surface area (Å²) in [5.74, 6) is 0.589. The number of carbonyl (C=O) groups is 1. The first-order valence-corrected chi connectivity index (χ1v) is 9.60. The van der Waals surface area contributed by atoms with Crippen molar-refractivity contribution >= 4 is 38.4 Å². The molecule has 25 heavy (non-hydrogen) atoms. The fraction of sp³-hybridized carbons (Fsp3) is 0.500. The Morgan fingerprint density at radius 2 is 2.04 bits per heavy atom. The van der Waals surface area contributed by atoms with E-state index in [2.05, 4.69) is 27.2 Å². The molecule has 0 aromatic carbocycles. The number of aromatic nitrogens is 2. The molecule has 0 atom stereocenters. The quantitative estimate of drug-likeness (QED) is 0.779. The average molecular weight is 360 g/mol. The second kappa shape index (κ2) is 6.71. The number of allylic oxidation sites excluding steroid dienone is 1. The zero-order valence-electron chi connectivity index (χ0n) is 13.9. The van der Waals surface area contributed by atoms with Gasteiger partial charge >= 0.3 is 0 Å². The molecule has 2 aliphatic carbocycles. The second-order valence-corrected chi connectivity index (χ2v) is 7.91. The summed E-state index contributed by atoms with van der Waals surface area (Å²) in [6.07, 6.45) is 9.33. The van der Waals surface area contributed by atoms with Crippen LogP contribution in [0.15, 0.2) is 18.9 Å². The molecule has 4 rings (SSSR count). The number of thiazole rings is 1. The Morgan fingerprint density at radius 3 is 2.72 bits per heavy atom. The fourth-order valence-electron chi connectivity index (χ4n) is 3.27. The molecule has 132 valence electrons. The van der Waals surface area contributed by atoms with Crippen molar-refractivity contribution < 1.29 is 9.18 Å². The molecule has 2 fully saturated rings. The maximum absolute atomic E-state index is 14.1. The molecule has 0 saturated heterocycles. The number of halogens is 1. The monoisotopic (exact) mass is 360 g/mol. The van der Waals surface area contributed by atoms with Crippen molar-refractivity contribution in [2.24, 2.45) is 11.8 Å². The van der Waals surface area contributed by atoms with E-state index in [0.717, 1.165) is 44.7 Å². The van der Waals surface area contributed by atoms with E-state index in [1.807, 2.05) is 6.08 Å². The van der Waals surface area contributed by atoms with Crippen LogP contribution in [0.25, 0.3) is 10.2 Å². The van der Waals surface area contributed by atoms with E-state index < -0.39 is 5.82 Å². The zero-order valence-corrected chi connectivity index (χ0v) is 14.7. The average Bonchev–Trinajstić information content (AvgIpc) is 3.38. The van der Waals surface area contributed by atoms with Crippen LogP contribution < -0.4 is 10.6 Å². The summed E-state index contributed by atoms with van der Waals surface area (Å²) in [6, 6.07) is 0.345. The fourth-order valence-corrected chi connectivity index (χ4v) is 4.27. The Labute approximate surface area is 149 Å². The van der Waals surface area contributed by atoms with Gasteiger partial charge in [0.1, 0.15) is 10.2 Å². The number of nitrogens with zero attached hydrogens (tertiary/aromatic N) is 2. The normalized spacial score (nSPS) is 23.4. The molecule has 0 aliphatic heterocycles. The van der Waals surface area contributed by atoms with Crippen molar-refractivity contribution in [2.45, 2.75) is 44.6 Å². The van der Waals surface area contributed by atoms with Crippen molar-refractivity contribution in [1.29, 1.82) is 0 Å². The van der Waals surface area contributed by atoms with Crippen LogP contribution in [0.2, 0.25) is 0 Å². The molecule has 2 heterocycles. The minimum absolute atomic E-state index is 0.0361. The van der Waals surface area contributed by atoms with Gasteiger partial charge in [-0.2, -0.15) is 0 Å². The molecule has 0 unspecified atom stereocenters. The first-order chi connectivity index (χ1) is 12.1. The number of hydrogen-bond donors (Lipinski definition) is 2. The van der Waals surface area contributed by atoms with Crippen molar-refractivity contribution in [1.82, 2.24) is 9.97 Å². The second-order valence-electron chi connectivity index (χ2n) is 6.91. The summed E-state index contributed by atoms with van der Waals surface area (Å²) >= 11 is 1.35. The number of hydrogen-bond acceptors (Lipinski definition) is 5. The smallest absolute Gasteiger partial charge is 0.228 e. The van der Waals surface area contributed by atoms with E-state index in [-0.39, 0.29) is 17.3 Å². The van der Waals surface area contributed by atoms with E-state index in [1.54, 1.807) is 0 Å². The summed E-state index contributed by atoms with van der Waals surface area (Å²) in [6.45, 7) is 3.87. The van der Waals surface area contributed by atoms with Gasteiger partial charge in [0, 0.05) is 12.0 Å². The first kappa shape index (κ1) is 16.4. The van der Waals surface area contributed by atoms with Gasteiger partial charge in [-0.1, -0.05) is 17.4 Å². The number of fused-ring (bicyclic) bond motifs is 1. The molecule has 0 radical (unpaired) electrons. The predicted molar refractivity (Wildman–Crippen MR) is 98.3 cm³/mol. The topological polar surface area (TPSA) is 66.9 Å². The lowest BCUT2D eigenvalue weighted by Crippen LogP contribution is -2.25. The Balaban J connectivity index is 1.53. The van der Waals surface area contributed by atoms with Crippen LogP contribution in [0, 0.1) is 17.7 Å². The molecule has 5 nitrogen and oxygen atoms in total. The molecule has 1 amide bonds. The van der Waals surface area contributed by atoms with Crippen LogP contribution in [0.5, 0.6) is 0 Å². The lowest BCUT2D eigenvalue weighted by atomic mass is 9.86. The summed E-state index contributed by atoms with van der Waals surface area (Å²) in [5.41, 5.74) is 0.272. The summed E-state index contributed by atoms with van der Waals surface area (Å²) in [4.78, 5) is 20.5. The molecule has 0 bridgehead atoms. The maximum atomic E-state index is 14.1. The van der Waals surface area contributed by atoms with E-state index in [1.165, 1.54) is 11.3 Å². The van der Waals surface area contributed by atoms with Gasteiger partial charge < -0.3 is 10.6 Å². The molecule has 2 aromatic rings. The summed E-state index contributed by atoms with van der Waals surface area (Å²) in [5, 5.41) is 6.93. The predicted octanol–water partition coefficient (Wildman–Crippen LogP) is 4.34. The molecule has 2 N–H and O–H groups in total. The van der Waals surface area contributed by atoms with Gasteiger partial charge in [-0.3, -0.25) is 4.79 Å². The zero-order chi connectivity index (χ0) is 17.4. The molecule has 7 heteroatoms. The highest BCUT2D eigenvalue weighted by atomic mass is 32.1. The van der Waals surface area contributed by atoms with Gasteiger partial charge in [-0.25, -0.2) is 14.4 Å². The van der Waals surface area contributed by atoms with Crippen LogP contribution in [-0.4, -0.2) is 21.9 Å². The van der Waals surface area contributed by atoms with Crippen molar-refractivity contribution in [3.05, 3.63) is 24.7 Å². The van der Waals surface area contributed by atoms with Crippen LogP contribution in [0.1, 0.15) is 38.5 Å². The third-order valence-electron chi connectivity index (χ3n) is 5.00. The van der Waals surface area contributed by atoms with Crippen molar-refractivity contribution in [3.63, 3.8) is 0 Å². The molecule has 2 aromatic heterocycles. The Bertz CT molecular complexity index is 809. The standard InChI is InChI=1S/C18H21FN4OS/c1-2-10-3-7-12(8-4-10)21-18-22-14-13(19)9-20-16(15(14)25-18)23-17(24)11-5-6-11/h2,9-12H,1,3-8H2,(H,21,22)(H,20,23,24). The van der Waals surface area contributed by atoms with Crippen molar-refractivity contribution in [3.8, 4) is 0 Å². The third kappa shape index (κ3) is 3.51. The van der Waals surface area contributed by atoms with Gasteiger partial charge in [0.25, 0.3) is 0 Å². The Kier molecular flexibility index (Phi) is 4.41. The largest absolute Gasteiger partial charge is 0.359 e. The number of carbonyl (C=O) groups excluding carboxylic acids is 1. The third-order valence-corrected chi connectivity index (χ3v) is 5.99. The minimum Gasteiger partial charge on any atom is -0.359 e. The van der Waals surface area contributed by atoms with Crippen molar-refractivity contribution in [2.75, 3.05) is 10.6 Å². The van der Waals surface area contributed by atoms with Gasteiger partial charge in [0.05, 0.1) is 6.20 Å². The van der Waals surface area contributed by atoms with Crippen LogP contribution in [-0.2, 0) is 4.79 Å². The number of nitrogens with one attached hydrogen (secondary N) is 2. The molecule has 0 spiro atoms. The highest BCUT2D eigenvalue weighted by Gasteiger charge is 2.30. The van der Waals surface area contributed by atoms with E-state index in [0.29, 0.717) is 27.6 Å². The number of pyridine rings is 1. The summed E-state index contributed by atoms with van der Waals surface area (Å²) in [7, 11) is 0. The van der Waals surface area contributed by atoms with Gasteiger partial charge in [-0.15, -0.1) is 6.58 Å². The van der Waals surface area contributed by atoms with Gasteiger partial charge in [-0.05, 0) is 44.4 Å². The highest BCUT2D eigenvalue weighted by molar-refractivity contribution is 7.22. The first-order valence-electron chi connectivity index (χ1n) is 8.79. The molecule has 2 aliphatic rings. The van der Waals surface area contributed by atoms with E-state index in [4.69, 9.17) is 0 Å². The Hall–Kier alpha value is -2.02. The maximum Gasteiger partial charge on any atom is 0.228 e. The molecular weight excluding hydrogens is 339 g/mol. The highest BCUT2D eigenvalue weighted by Crippen LogP contribution is 2.36. The minimum atomic E-state index is -0.459. The van der Waals surface area contributed by atoms with Gasteiger partial charge in [0.15, 0.2) is 16.8 Å².